The number of nitrogens with one attached hydrogen (secondary N) is 1. The van der Waals surface area contributed by atoms with Crippen molar-refractivity contribution in [1.29, 1.82) is 0 Å². The number of nitrogens with zero attached hydrogens (tertiary/aromatic N) is 1. The van der Waals surface area contributed by atoms with Crippen LogP contribution in [0.1, 0.15) is 51.4 Å². The van der Waals surface area contributed by atoms with Crippen molar-refractivity contribution < 1.29 is 9.53 Å². The van der Waals surface area contributed by atoms with Crippen molar-refractivity contribution in [1.82, 2.24) is 10.2 Å². The second-order valence-electron chi connectivity index (χ2n) is 5.80. The van der Waals surface area contributed by atoms with Crippen LogP contribution < -0.4 is 5.32 Å². The third-order valence-electron chi connectivity index (χ3n) is 4.38. The first-order valence-electron chi connectivity index (χ1n) is 7.87. The van der Waals surface area contributed by atoms with Crippen molar-refractivity contribution in [2.24, 2.45) is 0 Å². The molecule has 2 aliphatic rings. The Morgan fingerprint density at radius 2 is 2.16 bits per heavy atom. The second kappa shape index (κ2) is 7.85. The maximum atomic E-state index is 12.4. The molecular formula is C15H28N2O2. The number of rotatable bonds is 6. The summed E-state index contributed by atoms with van der Waals surface area (Å²) in [6.07, 6.45) is 8.91. The van der Waals surface area contributed by atoms with E-state index in [0.717, 1.165) is 45.4 Å². The van der Waals surface area contributed by atoms with E-state index in [-0.39, 0.29) is 0 Å². The molecule has 110 valence electrons. The van der Waals surface area contributed by atoms with Gasteiger partial charge in [-0.1, -0.05) is 0 Å². The Labute approximate surface area is 116 Å². The van der Waals surface area contributed by atoms with Gasteiger partial charge in [-0.2, -0.15) is 0 Å². The molecule has 19 heavy (non-hydrogen) atoms. The summed E-state index contributed by atoms with van der Waals surface area (Å²) < 4.78 is 5.60. The highest BCUT2D eigenvalue weighted by Gasteiger charge is 2.27. The summed E-state index contributed by atoms with van der Waals surface area (Å²) in [5, 5.41) is 3.19. The number of piperidine rings is 1. The summed E-state index contributed by atoms with van der Waals surface area (Å²) in [4.78, 5) is 14.5. The smallest absolute Gasteiger partial charge is 0.222 e. The summed E-state index contributed by atoms with van der Waals surface area (Å²) in [5.41, 5.74) is 0. The van der Waals surface area contributed by atoms with E-state index in [0.29, 0.717) is 24.5 Å². The topological polar surface area (TPSA) is 41.6 Å². The summed E-state index contributed by atoms with van der Waals surface area (Å²) in [6, 6.07) is 0.457. The summed E-state index contributed by atoms with van der Waals surface area (Å²) in [5.74, 6) is 0.344. The minimum absolute atomic E-state index is 0.337. The first kappa shape index (κ1) is 14.8. The van der Waals surface area contributed by atoms with Crippen LogP contribution in [0.5, 0.6) is 0 Å². The van der Waals surface area contributed by atoms with Gasteiger partial charge in [0, 0.05) is 25.6 Å². The zero-order valence-corrected chi connectivity index (χ0v) is 12.2. The van der Waals surface area contributed by atoms with Gasteiger partial charge in [0.25, 0.3) is 0 Å². The molecule has 4 nitrogen and oxygen atoms in total. The van der Waals surface area contributed by atoms with E-state index in [1.54, 1.807) is 0 Å². The van der Waals surface area contributed by atoms with Gasteiger partial charge in [0.05, 0.1) is 6.10 Å². The van der Waals surface area contributed by atoms with Crippen LogP contribution in [0.2, 0.25) is 0 Å². The monoisotopic (exact) mass is 268 g/mol. The molecule has 0 radical (unpaired) electrons. The Morgan fingerprint density at radius 3 is 2.89 bits per heavy atom. The van der Waals surface area contributed by atoms with Crippen LogP contribution in [0, 0.1) is 0 Å². The lowest BCUT2D eigenvalue weighted by atomic mass is 9.98. The minimum Gasteiger partial charge on any atom is -0.378 e. The van der Waals surface area contributed by atoms with Gasteiger partial charge in [-0.25, -0.2) is 0 Å². The molecule has 2 unspecified atom stereocenters. The molecule has 0 spiro atoms. The number of hydrogen-bond acceptors (Lipinski definition) is 3. The molecule has 2 rings (SSSR count). The summed E-state index contributed by atoms with van der Waals surface area (Å²) in [7, 11) is 1.98. The maximum Gasteiger partial charge on any atom is 0.222 e. The molecule has 2 atom stereocenters. The molecule has 2 heterocycles. The van der Waals surface area contributed by atoms with Crippen molar-refractivity contribution in [3.05, 3.63) is 0 Å². The van der Waals surface area contributed by atoms with Crippen LogP contribution in [0.3, 0.4) is 0 Å². The Balaban J connectivity index is 1.77. The lowest BCUT2D eigenvalue weighted by molar-refractivity contribution is -0.135. The summed E-state index contributed by atoms with van der Waals surface area (Å²) in [6.45, 7) is 2.84. The van der Waals surface area contributed by atoms with Gasteiger partial charge >= 0.3 is 0 Å². The van der Waals surface area contributed by atoms with Gasteiger partial charge in [0.1, 0.15) is 0 Å². The van der Waals surface area contributed by atoms with Crippen molar-refractivity contribution in [2.75, 3.05) is 26.7 Å². The zero-order valence-electron chi connectivity index (χ0n) is 12.2. The van der Waals surface area contributed by atoms with Crippen LogP contribution in [-0.2, 0) is 9.53 Å². The maximum absolute atomic E-state index is 12.4. The first-order valence-corrected chi connectivity index (χ1v) is 7.87. The highest BCUT2D eigenvalue weighted by atomic mass is 16.5. The lowest BCUT2D eigenvalue weighted by Crippen LogP contribution is -2.44. The molecule has 0 aromatic carbocycles. The van der Waals surface area contributed by atoms with Crippen LogP contribution in [0.25, 0.3) is 0 Å². The first-order chi connectivity index (χ1) is 9.31. The highest BCUT2D eigenvalue weighted by Crippen LogP contribution is 2.22. The molecule has 0 bridgehead atoms. The van der Waals surface area contributed by atoms with E-state index in [4.69, 9.17) is 4.74 Å². The third-order valence-corrected chi connectivity index (χ3v) is 4.38. The fourth-order valence-corrected chi connectivity index (χ4v) is 3.24. The Bertz CT molecular complexity index is 277. The fraction of sp³-hybridized carbons (Fsp3) is 0.933. The number of amides is 1. The molecule has 4 heteroatoms. The molecule has 1 amide bonds. The van der Waals surface area contributed by atoms with Crippen LogP contribution in [0.15, 0.2) is 0 Å². The molecule has 0 aromatic rings. The van der Waals surface area contributed by atoms with E-state index in [1.807, 2.05) is 7.05 Å². The van der Waals surface area contributed by atoms with Crippen molar-refractivity contribution in [3.63, 3.8) is 0 Å². The Hall–Kier alpha value is -0.610. The number of hydrogen-bond donors (Lipinski definition) is 1. The van der Waals surface area contributed by atoms with Crippen molar-refractivity contribution in [3.8, 4) is 0 Å². The normalized spacial score (nSPS) is 27.7. The molecular weight excluding hydrogens is 240 g/mol. The summed E-state index contributed by atoms with van der Waals surface area (Å²) >= 11 is 0. The van der Waals surface area contributed by atoms with E-state index in [2.05, 4.69) is 10.2 Å². The Morgan fingerprint density at radius 1 is 1.26 bits per heavy atom. The molecule has 1 N–H and O–H groups in total. The predicted molar refractivity (Wildman–Crippen MR) is 76.1 cm³/mol. The number of ether oxygens (including phenoxy) is 1. The van der Waals surface area contributed by atoms with Crippen LogP contribution in [0.4, 0.5) is 0 Å². The second-order valence-corrected chi connectivity index (χ2v) is 5.80. The molecule has 0 saturated carbocycles. The quantitative estimate of drug-likeness (QED) is 0.800. The number of carbonyl (C=O) groups excluding carboxylic acids is 1. The van der Waals surface area contributed by atoms with E-state index >= 15 is 0 Å². The van der Waals surface area contributed by atoms with E-state index in [1.165, 1.54) is 19.3 Å². The standard InChI is InChI=1S/C15H28N2O2/c1-16-10-9-13-5-2-3-11-17(13)15(18)8-7-14-6-4-12-19-14/h13-14,16H,2-12H2,1H3. The van der Waals surface area contributed by atoms with E-state index in [9.17, 15) is 4.79 Å². The van der Waals surface area contributed by atoms with Crippen molar-refractivity contribution >= 4 is 5.91 Å². The average molecular weight is 268 g/mol. The fourth-order valence-electron chi connectivity index (χ4n) is 3.24. The molecule has 0 aliphatic carbocycles. The lowest BCUT2D eigenvalue weighted by Gasteiger charge is -2.36. The predicted octanol–water partition coefficient (Wildman–Crippen LogP) is 1.94. The zero-order chi connectivity index (χ0) is 13.5. The van der Waals surface area contributed by atoms with Crippen LogP contribution >= 0.6 is 0 Å². The molecule has 2 saturated heterocycles. The van der Waals surface area contributed by atoms with Gasteiger partial charge in [-0.3, -0.25) is 4.79 Å². The molecule has 2 aliphatic heterocycles. The van der Waals surface area contributed by atoms with Gasteiger partial charge in [0.15, 0.2) is 0 Å². The molecule has 2 fully saturated rings. The average Bonchev–Trinajstić information content (AvgIpc) is 2.96. The molecule has 0 aromatic heterocycles. The van der Waals surface area contributed by atoms with Gasteiger partial charge < -0.3 is 15.0 Å². The third kappa shape index (κ3) is 4.46. The Kier molecular flexibility index (Phi) is 6.11. The minimum atomic E-state index is 0.337. The van der Waals surface area contributed by atoms with E-state index < -0.39 is 0 Å². The largest absolute Gasteiger partial charge is 0.378 e. The highest BCUT2D eigenvalue weighted by molar-refractivity contribution is 5.76. The number of likely N-dealkylation sites (tertiary alicyclic amines) is 1. The van der Waals surface area contributed by atoms with Crippen molar-refractivity contribution in [2.45, 2.75) is 63.5 Å². The SMILES string of the molecule is CNCCC1CCCCN1C(=O)CCC1CCCO1. The van der Waals surface area contributed by atoms with Crippen LogP contribution in [-0.4, -0.2) is 49.7 Å². The van der Waals surface area contributed by atoms with Gasteiger partial charge in [-0.05, 0) is 58.5 Å². The van der Waals surface area contributed by atoms with Gasteiger partial charge in [-0.15, -0.1) is 0 Å². The number of carbonyl (C=O) groups is 1. The van der Waals surface area contributed by atoms with Gasteiger partial charge in [0.2, 0.25) is 5.91 Å².